The Bertz CT molecular complexity index is 2940. The summed E-state index contributed by atoms with van der Waals surface area (Å²) in [5.74, 6) is 0. The van der Waals surface area contributed by atoms with Crippen molar-refractivity contribution < 1.29 is 27.0 Å². The molecule has 12 heteroatoms. The fourth-order valence-corrected chi connectivity index (χ4v) is 35.9. The minimum atomic E-state index is -1.63. The van der Waals surface area contributed by atoms with Gasteiger partial charge in [0.1, 0.15) is 31.8 Å². The Hall–Kier alpha value is -1.79. The minimum Gasteiger partial charge on any atom is -0.109 e. The Morgan fingerprint density at radius 3 is 0.564 bits per heavy atom. The summed E-state index contributed by atoms with van der Waals surface area (Å²) in [5.41, 5.74) is 12.1. The van der Waals surface area contributed by atoms with Gasteiger partial charge < -0.3 is 0 Å². The number of hydrogen-bond donors (Lipinski definition) is 0. The molecule has 6 saturated carbocycles. The Kier molecular flexibility index (Phi) is 42.6. The predicted molar refractivity (Wildman–Crippen MR) is 464 cm³/mol. The van der Waals surface area contributed by atoms with Gasteiger partial charge >= 0.3 is 160 Å². The molecule has 0 bridgehead atoms. The first-order valence-corrected chi connectivity index (χ1v) is 56.8. The zero-order valence-electron chi connectivity index (χ0n) is 60.5. The summed E-state index contributed by atoms with van der Waals surface area (Å²) in [6, 6.07) is 81.3. The van der Waals surface area contributed by atoms with E-state index in [-0.39, 0.29) is 21.2 Å². The second kappa shape index (κ2) is 50.8. The van der Waals surface area contributed by atoms with Crippen molar-refractivity contribution in [1.29, 1.82) is 0 Å². The summed E-state index contributed by atoms with van der Waals surface area (Å²) in [7, 11) is 21.0. The van der Waals surface area contributed by atoms with E-state index in [1.54, 1.807) is 193 Å². The van der Waals surface area contributed by atoms with Crippen molar-refractivity contribution in [2.75, 3.05) is 5.34 Å². The van der Waals surface area contributed by atoms with E-state index >= 15 is 0 Å². The van der Waals surface area contributed by atoms with Gasteiger partial charge in [-0.25, -0.2) is 0 Å². The zero-order valence-corrected chi connectivity index (χ0v) is 72.5. The maximum absolute atomic E-state index is 5.71. The molecule has 0 N–H and O–H groups in total. The van der Waals surface area contributed by atoms with Crippen LogP contribution >= 0.6 is 93.7 Å². The molecule has 0 atom stereocenters. The first-order chi connectivity index (χ1) is 49.6. The molecule has 101 heavy (non-hydrogen) atoms. The van der Waals surface area contributed by atoms with Crippen LogP contribution in [0.3, 0.4) is 0 Å². The maximum Gasteiger partial charge on any atom is 0.102 e. The van der Waals surface area contributed by atoms with Gasteiger partial charge in [0, 0.05) is 15.8 Å². The van der Waals surface area contributed by atoms with Gasteiger partial charge in [-0.1, -0.05) is 148 Å². The molecule has 14 rings (SSSR count). The number of hydrogen-bond acceptors (Lipinski definition) is 0. The SMILES string of the molecule is C1CCC([PH+](C2CCCCC2)C2CCCCC2)CC1.C1CCC([PH+](C2CCCCC2)C2CCCCC2)CC1.Cc1ccc([CH]=[Ru]([Cl])[Cl])cc1.Cc1ccc([CH]=[Ru]([Cl])[Cl])cc1.ClCCl.c1ccc([PH+](c2ccccc2)c2ccccc2)cc1.c1ccc([PH+](c2ccccc2)c2ccccc2)cc1. The molecule has 6 aliphatic carbocycles. The summed E-state index contributed by atoms with van der Waals surface area (Å²) >= 11 is 6.27. The molecule has 0 unspecified atom stereocenters. The van der Waals surface area contributed by atoms with E-state index < -0.39 is 42.9 Å². The average molecular weight is 1730 g/mol. The first kappa shape index (κ1) is 84.8. The van der Waals surface area contributed by atoms with Crippen molar-refractivity contribution >= 4 is 135 Å². The monoisotopic (exact) mass is 1720 g/mol. The largest absolute Gasteiger partial charge is 0.109 e. The summed E-state index contributed by atoms with van der Waals surface area (Å²) in [5, 5.41) is 8.81. The molecule has 6 fully saturated rings. The molecule has 0 saturated heterocycles. The van der Waals surface area contributed by atoms with E-state index in [4.69, 9.17) is 62.0 Å². The van der Waals surface area contributed by atoms with E-state index in [0.717, 1.165) is 11.1 Å². The van der Waals surface area contributed by atoms with Crippen LogP contribution in [0.15, 0.2) is 231 Å². The second-order valence-corrected chi connectivity index (χ2v) is 52.6. The Labute approximate surface area is 653 Å². The van der Waals surface area contributed by atoms with Crippen LogP contribution in [0.25, 0.3) is 0 Å². The molecule has 0 radical (unpaired) electrons. The number of aryl methyl sites for hydroxylation is 2. The van der Waals surface area contributed by atoms with E-state index in [2.05, 4.69) is 220 Å². The van der Waals surface area contributed by atoms with E-state index in [1.807, 2.05) is 33.5 Å². The summed E-state index contributed by atoms with van der Waals surface area (Å²) < 4.78 is 3.88. The number of rotatable bonds is 14. The quantitative estimate of drug-likeness (QED) is 0.0578. The standard InChI is InChI=1S/2C18H33P.2C18H15P.2C8H8.CH2Cl2.4ClH.2Ru/c4*1-4-10-16(11-5-1)19(17-12-6-2-7-13-17)18-14-8-3-9-15-18;2*1-7-3-5-8(2)6-4-7;2-1-3;;;;;;/h2*16-18H,1-15H2;2*1-15H;2*1,3-6H,2H3;1H2;4*1H;;/q;;;;;;;;;;;2*+2. The van der Waals surface area contributed by atoms with Gasteiger partial charge in [-0.3, -0.25) is 0 Å². The first-order valence-electron chi connectivity index (χ1n) is 38.3. The molecule has 8 aromatic carbocycles. The fourth-order valence-electron chi connectivity index (χ4n) is 16.7. The van der Waals surface area contributed by atoms with Crippen molar-refractivity contribution in [3.8, 4) is 0 Å². The minimum absolute atomic E-state index is 0.0465. The van der Waals surface area contributed by atoms with Gasteiger partial charge in [-0.05, 0) is 227 Å². The summed E-state index contributed by atoms with van der Waals surface area (Å²) in [6.07, 6.45) is 47.6. The third-order valence-electron chi connectivity index (χ3n) is 21.4. The van der Waals surface area contributed by atoms with Crippen LogP contribution in [0, 0.1) is 13.8 Å². The molecule has 0 nitrogen and oxygen atoms in total. The molecule has 0 aromatic heterocycles. The average Bonchev–Trinajstić information content (AvgIpc) is 0.848. The predicted octanol–water partition coefficient (Wildman–Crippen LogP) is 26.3. The van der Waals surface area contributed by atoms with Crippen molar-refractivity contribution in [3.05, 3.63) is 253 Å². The molecule has 0 aliphatic heterocycles. The normalized spacial score (nSPS) is 17.4. The molecule has 0 amide bonds. The number of halogens is 6. The van der Waals surface area contributed by atoms with Crippen LogP contribution in [0.5, 0.6) is 0 Å². The zero-order chi connectivity index (χ0) is 70.9. The van der Waals surface area contributed by atoms with Gasteiger partial charge in [0.15, 0.2) is 0 Å². The summed E-state index contributed by atoms with van der Waals surface area (Å²) in [4.78, 5) is 0. The fraction of sp³-hybridized carbons (Fsp3) is 0.438. The van der Waals surface area contributed by atoms with Crippen molar-refractivity contribution in [2.24, 2.45) is 0 Å². The smallest absolute Gasteiger partial charge is 0.102 e. The second-order valence-electron chi connectivity index (χ2n) is 28.5. The number of benzene rings is 8. The third-order valence-corrected chi connectivity index (χ3v) is 39.7. The molecular weight excluding hydrogens is 1610 g/mol. The molecule has 548 valence electrons. The number of alkyl halides is 2. The van der Waals surface area contributed by atoms with Gasteiger partial charge in [0.2, 0.25) is 0 Å². The Balaban J connectivity index is 0.000000155. The Morgan fingerprint density at radius 2 is 0.416 bits per heavy atom. The van der Waals surface area contributed by atoms with Gasteiger partial charge in [0.05, 0.1) is 55.1 Å². The molecule has 8 aromatic rings. The van der Waals surface area contributed by atoms with E-state index in [1.165, 1.54) is 76.9 Å². The van der Waals surface area contributed by atoms with Crippen LogP contribution < -0.4 is 31.8 Å². The molecule has 0 spiro atoms. The third kappa shape index (κ3) is 31.4. The van der Waals surface area contributed by atoms with Gasteiger partial charge in [0.25, 0.3) is 0 Å². The molecule has 0 heterocycles. The van der Waals surface area contributed by atoms with Crippen molar-refractivity contribution in [2.45, 2.75) is 240 Å². The topological polar surface area (TPSA) is 0 Å². The van der Waals surface area contributed by atoms with Crippen molar-refractivity contribution in [1.82, 2.24) is 0 Å². The van der Waals surface area contributed by atoms with E-state index in [9.17, 15) is 0 Å². The van der Waals surface area contributed by atoms with Crippen LogP contribution in [-0.2, 0) is 27.0 Å². The van der Waals surface area contributed by atoms with Crippen LogP contribution in [0.2, 0.25) is 0 Å². The van der Waals surface area contributed by atoms with Crippen LogP contribution in [0.1, 0.15) is 215 Å². The maximum atomic E-state index is 5.71. The van der Waals surface area contributed by atoms with Crippen LogP contribution in [-0.4, -0.2) is 48.5 Å². The molecular formula is C89H118Cl6P4Ru2+4. The van der Waals surface area contributed by atoms with Crippen LogP contribution in [0.4, 0.5) is 0 Å². The summed E-state index contributed by atoms with van der Waals surface area (Å²) in [6.45, 7) is 4.11. The molecule has 6 aliphatic rings. The van der Waals surface area contributed by atoms with Gasteiger partial charge in [-0.2, -0.15) is 0 Å². The van der Waals surface area contributed by atoms with Crippen molar-refractivity contribution in [3.63, 3.8) is 0 Å². The van der Waals surface area contributed by atoms with E-state index in [0.29, 0.717) is 0 Å². The van der Waals surface area contributed by atoms with Gasteiger partial charge in [-0.15, -0.1) is 23.2 Å². The Morgan fingerprint density at radius 1 is 0.257 bits per heavy atom.